The Bertz CT molecular complexity index is 1210. The molecular weight excluding hydrogens is 467 g/mol. The van der Waals surface area contributed by atoms with Crippen LogP contribution in [0.25, 0.3) is 0 Å². The van der Waals surface area contributed by atoms with E-state index >= 15 is 0 Å². The molecule has 1 atom stereocenters. The summed E-state index contributed by atoms with van der Waals surface area (Å²) in [6, 6.07) is 11.8. The molecule has 3 aromatic rings. The van der Waals surface area contributed by atoms with Crippen molar-refractivity contribution in [3.63, 3.8) is 0 Å². The summed E-state index contributed by atoms with van der Waals surface area (Å²) in [5.41, 5.74) is 5.91. The lowest BCUT2D eigenvalue weighted by Crippen LogP contribution is -2.37. The predicted molar refractivity (Wildman–Crippen MR) is 130 cm³/mol. The van der Waals surface area contributed by atoms with Crippen LogP contribution in [0.4, 0.5) is 4.39 Å². The van der Waals surface area contributed by atoms with Crippen molar-refractivity contribution in [2.45, 2.75) is 18.9 Å². The first-order valence-corrected chi connectivity index (χ1v) is 11.2. The molecule has 1 fully saturated rings. The Morgan fingerprint density at radius 3 is 2.47 bits per heavy atom. The van der Waals surface area contributed by atoms with Crippen LogP contribution in [0, 0.1) is 5.82 Å². The number of aromatic nitrogens is 1. The van der Waals surface area contributed by atoms with E-state index in [1.165, 1.54) is 43.5 Å². The van der Waals surface area contributed by atoms with E-state index in [0.29, 0.717) is 12.5 Å². The van der Waals surface area contributed by atoms with Crippen LogP contribution < -0.4 is 21.1 Å². The highest BCUT2D eigenvalue weighted by atomic mass is 19.1. The Hall–Kier alpha value is -4.31. The molecular formula is C26H27FN4O5. The van der Waals surface area contributed by atoms with E-state index in [4.69, 9.17) is 10.5 Å². The number of ether oxygens (including phenoxy) is 1. The molecule has 1 aromatic heterocycles. The molecule has 10 heteroatoms. The Labute approximate surface area is 207 Å². The molecule has 0 radical (unpaired) electrons. The van der Waals surface area contributed by atoms with Crippen molar-refractivity contribution in [3.05, 3.63) is 89.0 Å². The van der Waals surface area contributed by atoms with Crippen LogP contribution in [0.2, 0.25) is 0 Å². The number of benzene rings is 2. The number of aromatic hydroxyl groups is 1. The molecule has 9 nitrogen and oxygen atoms in total. The quantitative estimate of drug-likeness (QED) is 0.368. The fourth-order valence-electron chi connectivity index (χ4n) is 3.60. The Kier molecular flexibility index (Phi) is 9.07. The summed E-state index contributed by atoms with van der Waals surface area (Å²) in [7, 11) is 1.26. The number of nitrogens with two attached hydrogens (primary N) is 1. The SMILES string of the molecule is COc1ccc(O)c(C(=O)c2ccc(C(N)=O)cc2)c1F.O=C(Cc1cccnc1)N[C@H]1CCNC1. The number of rotatable bonds is 7. The van der Waals surface area contributed by atoms with E-state index in [2.05, 4.69) is 15.6 Å². The number of carbonyl (C=O) groups is 3. The zero-order valence-corrected chi connectivity index (χ0v) is 19.7. The number of nitrogens with one attached hydrogen (secondary N) is 2. The summed E-state index contributed by atoms with van der Waals surface area (Å²) >= 11 is 0. The lowest BCUT2D eigenvalue weighted by atomic mass is 10.00. The molecule has 0 aliphatic carbocycles. The van der Waals surface area contributed by atoms with Gasteiger partial charge >= 0.3 is 0 Å². The van der Waals surface area contributed by atoms with Gasteiger partial charge in [0.1, 0.15) is 11.3 Å². The first kappa shape index (κ1) is 26.3. The smallest absolute Gasteiger partial charge is 0.248 e. The van der Waals surface area contributed by atoms with Crippen molar-refractivity contribution in [1.29, 1.82) is 0 Å². The summed E-state index contributed by atoms with van der Waals surface area (Å²) in [5, 5.41) is 15.9. The van der Waals surface area contributed by atoms with Crippen molar-refractivity contribution >= 4 is 17.6 Å². The van der Waals surface area contributed by atoms with Gasteiger partial charge in [0, 0.05) is 36.1 Å². The number of phenolic OH excluding ortho intramolecular Hbond substituents is 1. The van der Waals surface area contributed by atoms with Crippen molar-refractivity contribution in [2.75, 3.05) is 20.2 Å². The maximum Gasteiger partial charge on any atom is 0.248 e. The van der Waals surface area contributed by atoms with E-state index in [-0.39, 0.29) is 22.8 Å². The standard InChI is InChI=1S/C15H12FNO4.C11H15N3O/c1-21-11-7-6-10(18)12(13(11)16)14(19)8-2-4-9(5-3-8)15(17)20;15-11(14-10-3-5-13-8-10)6-9-2-1-4-12-7-9/h2-7,18H,1H3,(H2,17,20);1-2,4,7,10,13H,3,5-6,8H2,(H,14,15)/t;10-/m.0/s1. The van der Waals surface area contributed by atoms with E-state index in [1.807, 2.05) is 12.1 Å². The molecule has 0 bridgehead atoms. The fourth-order valence-corrected chi connectivity index (χ4v) is 3.60. The molecule has 188 valence electrons. The topological polar surface area (TPSA) is 144 Å². The van der Waals surface area contributed by atoms with Crippen LogP contribution in [0.15, 0.2) is 60.9 Å². The summed E-state index contributed by atoms with van der Waals surface area (Å²) in [5.74, 6) is -2.86. The average molecular weight is 495 g/mol. The van der Waals surface area contributed by atoms with Crippen LogP contribution in [0.5, 0.6) is 11.5 Å². The number of phenols is 1. The number of nitrogens with zero attached hydrogens (tertiary/aromatic N) is 1. The molecule has 4 rings (SSSR count). The fraction of sp³-hybridized carbons (Fsp3) is 0.231. The lowest BCUT2D eigenvalue weighted by Gasteiger charge is -2.10. The summed E-state index contributed by atoms with van der Waals surface area (Å²) in [6.45, 7) is 1.89. The Balaban J connectivity index is 0.000000212. The second-order valence-corrected chi connectivity index (χ2v) is 8.04. The number of hydrogen-bond donors (Lipinski definition) is 4. The highest BCUT2D eigenvalue weighted by molar-refractivity contribution is 6.11. The molecule has 2 aromatic carbocycles. The number of primary amides is 1. The number of halogens is 1. The molecule has 0 unspecified atom stereocenters. The second-order valence-electron chi connectivity index (χ2n) is 8.04. The highest BCUT2D eigenvalue weighted by Gasteiger charge is 2.22. The normalized spacial score (nSPS) is 14.3. The molecule has 5 N–H and O–H groups in total. The van der Waals surface area contributed by atoms with E-state index in [1.54, 1.807) is 12.4 Å². The van der Waals surface area contributed by atoms with E-state index in [9.17, 15) is 23.9 Å². The van der Waals surface area contributed by atoms with Crippen molar-refractivity contribution in [1.82, 2.24) is 15.6 Å². The molecule has 36 heavy (non-hydrogen) atoms. The maximum atomic E-state index is 14.1. The molecule has 1 aliphatic rings. The van der Waals surface area contributed by atoms with Crippen molar-refractivity contribution in [3.8, 4) is 11.5 Å². The zero-order valence-electron chi connectivity index (χ0n) is 19.7. The monoisotopic (exact) mass is 494 g/mol. The first-order chi connectivity index (χ1) is 17.3. The van der Waals surface area contributed by atoms with Crippen LogP contribution in [0.3, 0.4) is 0 Å². The number of ketones is 1. The van der Waals surface area contributed by atoms with Crippen molar-refractivity contribution < 1.29 is 28.6 Å². The minimum absolute atomic E-state index is 0.0803. The maximum absolute atomic E-state index is 14.1. The van der Waals surface area contributed by atoms with Gasteiger partial charge in [-0.1, -0.05) is 18.2 Å². The lowest BCUT2D eigenvalue weighted by molar-refractivity contribution is -0.121. The molecule has 1 aliphatic heterocycles. The highest BCUT2D eigenvalue weighted by Crippen LogP contribution is 2.30. The van der Waals surface area contributed by atoms with Gasteiger partial charge in [-0.3, -0.25) is 19.4 Å². The number of pyridine rings is 1. The minimum Gasteiger partial charge on any atom is -0.507 e. The number of amides is 2. The zero-order chi connectivity index (χ0) is 26.1. The van der Waals surface area contributed by atoms with Crippen LogP contribution >= 0.6 is 0 Å². The Morgan fingerprint density at radius 1 is 1.17 bits per heavy atom. The third-order valence-corrected chi connectivity index (χ3v) is 5.48. The van der Waals surface area contributed by atoms with Gasteiger partial charge in [-0.15, -0.1) is 0 Å². The molecule has 2 amide bonds. The van der Waals surface area contributed by atoms with Gasteiger partial charge in [-0.25, -0.2) is 4.39 Å². The Morgan fingerprint density at radius 2 is 1.89 bits per heavy atom. The molecule has 2 heterocycles. The van der Waals surface area contributed by atoms with Crippen LogP contribution in [-0.2, 0) is 11.2 Å². The minimum atomic E-state index is -0.943. The number of carbonyl (C=O) groups excluding carboxylic acids is 3. The van der Waals surface area contributed by atoms with Gasteiger partial charge in [0.15, 0.2) is 17.3 Å². The van der Waals surface area contributed by atoms with Gasteiger partial charge < -0.3 is 26.2 Å². The van der Waals surface area contributed by atoms with Gasteiger partial charge in [0.2, 0.25) is 11.8 Å². The molecule has 1 saturated heterocycles. The average Bonchev–Trinajstić information content (AvgIpc) is 3.38. The number of methoxy groups -OCH3 is 1. The van der Waals surface area contributed by atoms with Gasteiger partial charge in [0.05, 0.1) is 13.5 Å². The van der Waals surface area contributed by atoms with E-state index in [0.717, 1.165) is 25.1 Å². The van der Waals surface area contributed by atoms with Crippen LogP contribution in [-0.4, -0.2) is 53.9 Å². The second kappa shape index (κ2) is 12.4. The van der Waals surface area contributed by atoms with Crippen molar-refractivity contribution in [2.24, 2.45) is 5.73 Å². The number of hydrogen-bond acceptors (Lipinski definition) is 7. The third-order valence-electron chi connectivity index (χ3n) is 5.48. The largest absolute Gasteiger partial charge is 0.507 e. The van der Waals surface area contributed by atoms with E-state index < -0.39 is 28.8 Å². The summed E-state index contributed by atoms with van der Waals surface area (Å²) in [6.07, 6.45) is 4.89. The predicted octanol–water partition coefficient (Wildman–Crippen LogP) is 1.97. The summed E-state index contributed by atoms with van der Waals surface area (Å²) in [4.78, 5) is 38.8. The first-order valence-electron chi connectivity index (χ1n) is 11.2. The molecule has 0 spiro atoms. The third kappa shape index (κ3) is 6.86. The van der Waals surface area contributed by atoms with Gasteiger partial charge in [-0.05, 0) is 48.9 Å². The summed E-state index contributed by atoms with van der Waals surface area (Å²) < 4.78 is 18.9. The van der Waals surface area contributed by atoms with Gasteiger partial charge in [0.25, 0.3) is 0 Å². The van der Waals surface area contributed by atoms with Crippen LogP contribution in [0.1, 0.15) is 38.3 Å². The molecule has 0 saturated carbocycles. The van der Waals surface area contributed by atoms with Gasteiger partial charge in [-0.2, -0.15) is 0 Å².